The van der Waals surface area contributed by atoms with Crippen molar-refractivity contribution in [2.24, 2.45) is 5.92 Å². The lowest BCUT2D eigenvalue weighted by molar-refractivity contribution is -0.144. The van der Waals surface area contributed by atoms with Crippen molar-refractivity contribution in [1.82, 2.24) is 5.32 Å². The van der Waals surface area contributed by atoms with E-state index in [0.29, 0.717) is 17.9 Å². The van der Waals surface area contributed by atoms with Crippen molar-refractivity contribution in [3.63, 3.8) is 0 Å². The van der Waals surface area contributed by atoms with Crippen LogP contribution in [0.1, 0.15) is 36.4 Å². The second-order valence-electron chi connectivity index (χ2n) is 4.56. The average molecular weight is 283 g/mol. The monoisotopic (exact) mass is 283 g/mol. The van der Waals surface area contributed by atoms with Gasteiger partial charge in [0.2, 0.25) is 0 Å². The normalized spacial score (nSPS) is 13.6. The summed E-state index contributed by atoms with van der Waals surface area (Å²) in [7, 11) is 2.67. The fourth-order valence-electron chi connectivity index (χ4n) is 1.79. The fraction of sp³-hybridized carbons (Fsp3) is 0.571. The Balaban J connectivity index is 2.65. The maximum atomic E-state index is 11.7. The van der Waals surface area contributed by atoms with Gasteiger partial charge in [-0.3, -0.25) is 10.1 Å². The van der Waals surface area contributed by atoms with Gasteiger partial charge in [-0.1, -0.05) is 20.3 Å². The molecule has 0 radical (unpaired) electrons. The van der Waals surface area contributed by atoms with Crippen molar-refractivity contribution in [2.75, 3.05) is 14.2 Å². The van der Waals surface area contributed by atoms with Gasteiger partial charge < -0.3 is 13.9 Å². The molecule has 0 aliphatic heterocycles. The zero-order chi connectivity index (χ0) is 15.1. The Labute approximate surface area is 118 Å². The first-order chi connectivity index (χ1) is 9.53. The molecule has 0 saturated carbocycles. The van der Waals surface area contributed by atoms with E-state index in [4.69, 9.17) is 9.15 Å². The Kier molecular flexibility index (Phi) is 6.24. The van der Waals surface area contributed by atoms with Crippen LogP contribution in [0.25, 0.3) is 0 Å². The quantitative estimate of drug-likeness (QED) is 0.768. The van der Waals surface area contributed by atoms with Gasteiger partial charge in [0.1, 0.15) is 18.1 Å². The van der Waals surface area contributed by atoms with E-state index in [0.717, 1.165) is 6.42 Å². The fourth-order valence-corrected chi connectivity index (χ4v) is 1.79. The Morgan fingerprint density at radius 2 is 2.05 bits per heavy atom. The summed E-state index contributed by atoms with van der Waals surface area (Å²) in [5, 5.41) is 3.09. The van der Waals surface area contributed by atoms with Crippen LogP contribution in [0.3, 0.4) is 0 Å². The summed E-state index contributed by atoms with van der Waals surface area (Å²) in [5.74, 6) is -0.0642. The van der Waals surface area contributed by atoms with Crippen molar-refractivity contribution >= 4 is 11.9 Å². The molecule has 1 aromatic rings. The maximum absolute atomic E-state index is 11.7. The Hall–Kier alpha value is -1.82. The lowest BCUT2D eigenvalue weighted by Crippen LogP contribution is -2.42. The molecule has 0 aromatic carbocycles. The van der Waals surface area contributed by atoms with Crippen molar-refractivity contribution in [3.05, 3.63) is 23.7 Å². The first-order valence-electron chi connectivity index (χ1n) is 6.50. The summed E-state index contributed by atoms with van der Waals surface area (Å²) in [6.45, 7) is 4.31. The van der Waals surface area contributed by atoms with Crippen LogP contribution in [0.5, 0.6) is 0 Å². The van der Waals surface area contributed by atoms with Crippen LogP contribution in [0, 0.1) is 5.92 Å². The molecule has 2 unspecified atom stereocenters. The summed E-state index contributed by atoms with van der Waals surface area (Å²) in [6, 6.07) is 1.18. The summed E-state index contributed by atoms with van der Waals surface area (Å²) >= 11 is 0. The predicted molar refractivity (Wildman–Crippen MR) is 72.1 cm³/mol. The number of carbonyl (C=O) groups is 2. The highest BCUT2D eigenvalue weighted by molar-refractivity contribution is 5.88. The third kappa shape index (κ3) is 4.09. The van der Waals surface area contributed by atoms with Gasteiger partial charge in [0, 0.05) is 0 Å². The number of esters is 2. The molecule has 0 spiro atoms. The number of hydrogen-bond acceptors (Lipinski definition) is 6. The average Bonchev–Trinajstić information content (AvgIpc) is 2.94. The molecule has 6 heteroatoms. The van der Waals surface area contributed by atoms with Crippen LogP contribution >= 0.6 is 0 Å². The number of methoxy groups -OCH3 is 2. The van der Waals surface area contributed by atoms with Gasteiger partial charge in [0.15, 0.2) is 0 Å². The smallest absolute Gasteiger partial charge is 0.341 e. The van der Waals surface area contributed by atoms with Crippen molar-refractivity contribution in [2.45, 2.75) is 32.9 Å². The van der Waals surface area contributed by atoms with Gasteiger partial charge in [-0.25, -0.2) is 4.79 Å². The van der Waals surface area contributed by atoms with Gasteiger partial charge in [-0.2, -0.15) is 0 Å². The lowest BCUT2D eigenvalue weighted by atomic mass is 9.99. The van der Waals surface area contributed by atoms with Gasteiger partial charge in [-0.15, -0.1) is 0 Å². The minimum atomic E-state index is -0.452. The van der Waals surface area contributed by atoms with E-state index in [-0.39, 0.29) is 11.9 Å². The predicted octanol–water partition coefficient (Wildman–Crippen LogP) is 1.74. The molecule has 0 fully saturated rings. The molecule has 1 heterocycles. The van der Waals surface area contributed by atoms with Crippen LogP contribution in [0.4, 0.5) is 0 Å². The number of carbonyl (C=O) groups excluding carboxylic acids is 2. The first kappa shape index (κ1) is 16.2. The third-order valence-electron chi connectivity index (χ3n) is 3.24. The number of ether oxygens (including phenoxy) is 2. The number of furan rings is 1. The van der Waals surface area contributed by atoms with E-state index in [2.05, 4.69) is 10.1 Å². The highest BCUT2D eigenvalue weighted by Crippen LogP contribution is 2.12. The molecule has 0 saturated heterocycles. The number of hydrogen-bond donors (Lipinski definition) is 1. The summed E-state index contributed by atoms with van der Waals surface area (Å²) in [5.41, 5.74) is 0.349. The molecule has 1 aromatic heterocycles. The standard InChI is InChI=1S/C14H21NO5/c1-5-9(2)12(14(17)19-4)15-7-11-6-10(8-20-11)13(16)18-3/h6,8-9,12,15H,5,7H2,1-4H3. The Bertz CT molecular complexity index is 454. The minimum absolute atomic E-state index is 0.137. The molecule has 112 valence electrons. The first-order valence-corrected chi connectivity index (χ1v) is 6.50. The molecule has 0 aliphatic rings. The van der Waals surface area contributed by atoms with E-state index in [1.165, 1.54) is 20.5 Å². The van der Waals surface area contributed by atoms with Gasteiger partial charge in [0.05, 0.1) is 26.3 Å². The van der Waals surface area contributed by atoms with Gasteiger partial charge in [-0.05, 0) is 12.0 Å². The maximum Gasteiger partial charge on any atom is 0.341 e. The van der Waals surface area contributed by atoms with Crippen LogP contribution in [0.15, 0.2) is 16.7 Å². The second-order valence-corrected chi connectivity index (χ2v) is 4.56. The van der Waals surface area contributed by atoms with E-state index >= 15 is 0 Å². The van der Waals surface area contributed by atoms with Crippen LogP contribution < -0.4 is 5.32 Å². The minimum Gasteiger partial charge on any atom is -0.468 e. The summed E-state index contributed by atoms with van der Waals surface area (Å²) in [6.07, 6.45) is 2.18. The van der Waals surface area contributed by atoms with E-state index in [1.54, 1.807) is 6.07 Å². The van der Waals surface area contributed by atoms with Gasteiger partial charge >= 0.3 is 11.9 Å². The van der Waals surface area contributed by atoms with Crippen molar-refractivity contribution in [1.29, 1.82) is 0 Å². The topological polar surface area (TPSA) is 77.8 Å². The molecule has 0 aliphatic carbocycles. The highest BCUT2D eigenvalue weighted by atomic mass is 16.5. The second kappa shape index (κ2) is 7.69. The molecule has 0 amide bonds. The molecule has 1 N–H and O–H groups in total. The molecular weight excluding hydrogens is 262 g/mol. The van der Waals surface area contributed by atoms with Crippen LogP contribution in [-0.2, 0) is 20.8 Å². The molecular formula is C14H21NO5. The van der Waals surface area contributed by atoms with E-state index in [9.17, 15) is 9.59 Å². The van der Waals surface area contributed by atoms with E-state index < -0.39 is 12.0 Å². The van der Waals surface area contributed by atoms with E-state index in [1.807, 2.05) is 13.8 Å². The van der Waals surface area contributed by atoms with Crippen molar-refractivity contribution < 1.29 is 23.5 Å². The zero-order valence-electron chi connectivity index (χ0n) is 12.3. The Morgan fingerprint density at radius 1 is 1.35 bits per heavy atom. The molecule has 6 nitrogen and oxygen atoms in total. The largest absolute Gasteiger partial charge is 0.468 e. The Morgan fingerprint density at radius 3 is 2.60 bits per heavy atom. The molecule has 0 bridgehead atoms. The lowest BCUT2D eigenvalue weighted by Gasteiger charge is -2.21. The third-order valence-corrected chi connectivity index (χ3v) is 3.24. The molecule has 2 atom stereocenters. The van der Waals surface area contributed by atoms with Crippen LogP contribution in [-0.4, -0.2) is 32.2 Å². The molecule has 20 heavy (non-hydrogen) atoms. The number of rotatable bonds is 7. The SMILES string of the molecule is CCC(C)C(NCc1cc(C(=O)OC)co1)C(=O)OC. The summed E-state index contributed by atoms with van der Waals surface area (Å²) < 4.78 is 14.6. The van der Waals surface area contributed by atoms with Crippen molar-refractivity contribution in [3.8, 4) is 0 Å². The zero-order valence-corrected chi connectivity index (χ0v) is 12.3. The summed E-state index contributed by atoms with van der Waals surface area (Å²) in [4.78, 5) is 23.0. The van der Waals surface area contributed by atoms with Gasteiger partial charge in [0.25, 0.3) is 0 Å². The van der Waals surface area contributed by atoms with Crippen LogP contribution in [0.2, 0.25) is 0 Å². The highest BCUT2D eigenvalue weighted by Gasteiger charge is 2.24. The number of nitrogens with one attached hydrogen (secondary N) is 1. The molecule has 1 rings (SSSR count).